The molecule has 0 aromatic heterocycles. The molecule has 2 atom stereocenters. The normalized spacial score (nSPS) is 18.0. The Bertz CT molecular complexity index is 2170. The van der Waals surface area contributed by atoms with Crippen molar-refractivity contribution < 1.29 is 47.7 Å². The van der Waals surface area contributed by atoms with Gasteiger partial charge < -0.3 is 43.7 Å². The lowest BCUT2D eigenvalue weighted by Gasteiger charge is -2.26. The third kappa shape index (κ3) is 12.3. The van der Waals surface area contributed by atoms with E-state index in [1.807, 2.05) is 37.1 Å². The number of anilines is 1. The number of aliphatic imine (C=N–C) groups is 1. The van der Waals surface area contributed by atoms with Gasteiger partial charge in [-0.05, 0) is 85.5 Å². The minimum absolute atomic E-state index is 0.0953. The van der Waals surface area contributed by atoms with Crippen molar-refractivity contribution in [3.8, 4) is 17.2 Å². The van der Waals surface area contributed by atoms with Crippen LogP contribution in [0.5, 0.6) is 17.2 Å². The van der Waals surface area contributed by atoms with Crippen LogP contribution in [0.25, 0.3) is 0 Å². The first-order valence-electron chi connectivity index (χ1n) is 22.1. The SMILES string of the molecule is C=C1C[C@H]2CN(C(=O)CCOCCOCCCC(=O)/C=C(/Br)C(=O)NCCC)c3cc(OCCCCCOc4cc5c(cc4OC)C(=O)N4CC(=C)C[C@H]4C=N5)c(C)cc3C(=O)N2C1. The number of hydrogen-bond donors (Lipinski definition) is 1. The van der Waals surface area contributed by atoms with E-state index in [4.69, 9.17) is 23.7 Å². The molecule has 0 bridgehead atoms. The molecule has 0 spiro atoms. The van der Waals surface area contributed by atoms with E-state index in [1.54, 1.807) is 29.0 Å². The Hall–Kier alpha value is -5.32. The molecule has 16 heteroatoms. The second-order valence-electron chi connectivity index (χ2n) is 16.5. The summed E-state index contributed by atoms with van der Waals surface area (Å²) in [7, 11) is 1.55. The molecular weight excluding hydrogens is 886 g/mol. The van der Waals surface area contributed by atoms with Gasteiger partial charge in [0.15, 0.2) is 17.3 Å². The molecule has 4 aliphatic heterocycles. The van der Waals surface area contributed by atoms with Crippen LogP contribution >= 0.6 is 15.9 Å². The van der Waals surface area contributed by atoms with Crippen LogP contribution in [0, 0.1) is 6.92 Å². The van der Waals surface area contributed by atoms with Gasteiger partial charge in [-0.25, -0.2) is 0 Å². The summed E-state index contributed by atoms with van der Waals surface area (Å²) in [5.74, 6) is 0.735. The van der Waals surface area contributed by atoms with Gasteiger partial charge in [-0.15, -0.1) is 0 Å². The van der Waals surface area contributed by atoms with Gasteiger partial charge in [0.25, 0.3) is 17.7 Å². The fraction of sp³-hybridized carbons (Fsp3) is 0.500. The maximum absolute atomic E-state index is 13.9. The molecule has 0 unspecified atom stereocenters. The lowest BCUT2D eigenvalue weighted by Crippen LogP contribution is -2.42. The van der Waals surface area contributed by atoms with Crippen molar-refractivity contribution in [2.24, 2.45) is 4.99 Å². The number of benzene rings is 2. The van der Waals surface area contributed by atoms with Crippen LogP contribution in [0.3, 0.4) is 0 Å². The van der Waals surface area contributed by atoms with E-state index < -0.39 is 0 Å². The molecule has 6 rings (SSSR count). The molecule has 0 radical (unpaired) electrons. The van der Waals surface area contributed by atoms with Crippen LogP contribution in [-0.4, -0.2) is 130 Å². The van der Waals surface area contributed by atoms with Gasteiger partial charge >= 0.3 is 0 Å². The lowest BCUT2D eigenvalue weighted by molar-refractivity contribution is -0.120. The van der Waals surface area contributed by atoms with E-state index in [9.17, 15) is 24.0 Å². The number of fused-ring (bicyclic) bond motifs is 4. The number of carbonyl (C=O) groups excluding carboxylic acids is 5. The Labute approximate surface area is 384 Å². The molecule has 2 aromatic carbocycles. The van der Waals surface area contributed by atoms with Crippen LogP contribution in [0.4, 0.5) is 11.4 Å². The summed E-state index contributed by atoms with van der Waals surface area (Å²) in [5.41, 5.74) is 4.78. The number of nitrogens with one attached hydrogen (secondary N) is 1. The minimum atomic E-state index is -0.316. The Kier molecular flexibility index (Phi) is 17.3. The maximum atomic E-state index is 13.9. The second-order valence-corrected chi connectivity index (χ2v) is 17.3. The lowest BCUT2D eigenvalue weighted by atomic mass is 10.1. The Morgan fingerprint density at radius 3 is 2.28 bits per heavy atom. The zero-order valence-corrected chi connectivity index (χ0v) is 38.8. The summed E-state index contributed by atoms with van der Waals surface area (Å²) in [6.45, 7) is 15.8. The standard InChI is InChI=1S/C48H60BrN5O10/c1-6-13-50-46(57)39(49)23-36(55)11-10-14-61-18-19-62-17-12-45(56)54-30-35-21-32(3)29-53(35)48(59)38-22-33(4)42(26-41(38)54)63-15-8-7-9-16-64-44-25-40-37(24-43(44)60-5)47(58)52-28-31(2)20-34(52)27-51-40/h22-27,34-35H,2-3,6-21,28-30H2,1,4-5H3,(H,50,57)/b39-23+/t34-,35-/m0/s1. The van der Waals surface area contributed by atoms with Crippen LogP contribution < -0.4 is 24.4 Å². The quantitative estimate of drug-likeness (QED) is 0.0711. The molecule has 64 heavy (non-hydrogen) atoms. The second kappa shape index (κ2) is 23.0. The molecule has 2 aromatic rings. The average Bonchev–Trinajstić information content (AvgIpc) is 3.79. The van der Waals surface area contributed by atoms with E-state index in [2.05, 4.69) is 39.4 Å². The first-order valence-corrected chi connectivity index (χ1v) is 22.9. The van der Waals surface area contributed by atoms with Crippen LogP contribution in [-0.2, 0) is 23.9 Å². The number of methoxy groups -OCH3 is 1. The number of amides is 4. The van der Waals surface area contributed by atoms with Gasteiger partial charge in [-0.1, -0.05) is 31.2 Å². The Balaban J connectivity index is 0.960. The van der Waals surface area contributed by atoms with Crippen molar-refractivity contribution in [3.63, 3.8) is 0 Å². The molecule has 1 N–H and O–H groups in total. The number of halogens is 1. The smallest absolute Gasteiger partial charge is 0.258 e. The molecule has 4 heterocycles. The minimum Gasteiger partial charge on any atom is -0.493 e. The molecule has 15 nitrogen and oxygen atoms in total. The monoisotopic (exact) mass is 945 g/mol. The summed E-state index contributed by atoms with van der Waals surface area (Å²) < 4.78 is 29.5. The predicted octanol–water partition coefficient (Wildman–Crippen LogP) is 6.81. The van der Waals surface area contributed by atoms with Crippen molar-refractivity contribution in [2.45, 2.75) is 83.7 Å². The molecule has 4 amide bonds. The fourth-order valence-electron chi connectivity index (χ4n) is 8.12. The molecular formula is C48H60BrN5O10. The van der Waals surface area contributed by atoms with Gasteiger partial charge in [-0.3, -0.25) is 29.0 Å². The third-order valence-corrected chi connectivity index (χ3v) is 12.1. The summed E-state index contributed by atoms with van der Waals surface area (Å²) in [6.07, 6.45) is 8.39. The number of ether oxygens (including phenoxy) is 5. The van der Waals surface area contributed by atoms with Crippen LogP contribution in [0.2, 0.25) is 0 Å². The van der Waals surface area contributed by atoms with Gasteiger partial charge in [0.05, 0.1) is 85.6 Å². The van der Waals surface area contributed by atoms with E-state index >= 15 is 0 Å². The largest absolute Gasteiger partial charge is 0.493 e. The molecule has 2 saturated heterocycles. The van der Waals surface area contributed by atoms with Gasteiger partial charge in [0.1, 0.15) is 5.75 Å². The van der Waals surface area contributed by atoms with Crippen molar-refractivity contribution in [1.82, 2.24) is 15.1 Å². The van der Waals surface area contributed by atoms with Gasteiger partial charge in [-0.2, -0.15) is 0 Å². The maximum Gasteiger partial charge on any atom is 0.258 e. The number of hydrogen-bond acceptors (Lipinski definition) is 11. The van der Waals surface area contributed by atoms with E-state index in [0.717, 1.165) is 42.4 Å². The zero-order chi connectivity index (χ0) is 45.8. The number of rotatable bonds is 23. The molecule has 344 valence electrons. The topological polar surface area (TPSA) is 166 Å². The van der Waals surface area contributed by atoms with Crippen molar-refractivity contribution in [3.05, 3.63) is 75.8 Å². The van der Waals surface area contributed by atoms with Crippen LogP contribution in [0.1, 0.15) is 91.0 Å². The van der Waals surface area contributed by atoms with E-state index in [1.165, 1.54) is 6.08 Å². The number of nitrogens with zero attached hydrogens (tertiary/aromatic N) is 4. The molecule has 4 aliphatic rings. The van der Waals surface area contributed by atoms with E-state index in [-0.39, 0.29) is 72.0 Å². The summed E-state index contributed by atoms with van der Waals surface area (Å²) in [5, 5.41) is 2.71. The highest BCUT2D eigenvalue weighted by molar-refractivity contribution is 9.12. The number of allylic oxidation sites excluding steroid dienone is 1. The van der Waals surface area contributed by atoms with E-state index in [0.29, 0.717) is 112 Å². The highest BCUT2D eigenvalue weighted by atomic mass is 79.9. The highest BCUT2D eigenvalue weighted by Gasteiger charge is 2.40. The Morgan fingerprint density at radius 1 is 0.828 bits per heavy atom. The summed E-state index contributed by atoms with van der Waals surface area (Å²) in [6, 6.07) is 6.82. The number of unbranched alkanes of at least 4 members (excludes halogenated alkanes) is 2. The summed E-state index contributed by atoms with van der Waals surface area (Å²) in [4.78, 5) is 75.1. The Morgan fingerprint density at radius 2 is 1.53 bits per heavy atom. The zero-order valence-electron chi connectivity index (χ0n) is 37.2. The predicted molar refractivity (Wildman–Crippen MR) is 247 cm³/mol. The number of aryl methyl sites for hydroxylation is 1. The molecule has 0 saturated carbocycles. The third-order valence-electron chi connectivity index (χ3n) is 11.5. The van der Waals surface area contributed by atoms with Crippen molar-refractivity contribution >= 4 is 62.9 Å². The van der Waals surface area contributed by atoms with Crippen molar-refractivity contribution in [1.29, 1.82) is 0 Å². The summed E-state index contributed by atoms with van der Waals surface area (Å²) >= 11 is 3.15. The average molecular weight is 947 g/mol. The van der Waals surface area contributed by atoms with Gasteiger partial charge in [0.2, 0.25) is 5.91 Å². The fourth-order valence-corrected chi connectivity index (χ4v) is 8.52. The first-order chi connectivity index (χ1) is 30.9. The number of carbonyl (C=O) groups is 5. The van der Waals surface area contributed by atoms with Gasteiger partial charge in [0, 0.05) is 63.6 Å². The van der Waals surface area contributed by atoms with Crippen molar-refractivity contribution in [2.75, 3.05) is 77.8 Å². The first kappa shape index (κ1) is 48.1. The highest BCUT2D eigenvalue weighted by Crippen LogP contribution is 2.40. The number of ketones is 1. The van der Waals surface area contributed by atoms with Crippen LogP contribution in [0.15, 0.2) is 64.1 Å². The molecule has 0 aliphatic carbocycles. The molecule has 2 fully saturated rings.